The molecule has 126 valence electrons. The van der Waals surface area contributed by atoms with Crippen LogP contribution in [0.4, 0.5) is 0 Å². The maximum absolute atomic E-state index is 11.7. The van der Waals surface area contributed by atoms with Crippen LogP contribution in [0.2, 0.25) is 0 Å². The van der Waals surface area contributed by atoms with E-state index in [0.29, 0.717) is 12.4 Å². The Morgan fingerprint density at radius 2 is 1.88 bits per heavy atom. The van der Waals surface area contributed by atoms with Crippen LogP contribution in [0.5, 0.6) is 11.5 Å². The second kappa shape index (κ2) is 9.35. The summed E-state index contributed by atoms with van der Waals surface area (Å²) in [5.41, 5.74) is 4.30. The number of carbonyl (C=O) groups excluding carboxylic acids is 1. The molecule has 0 saturated carbocycles. The third kappa shape index (κ3) is 5.76. The molecule has 2 rings (SSSR count). The molecule has 2 aromatic rings. The van der Waals surface area contributed by atoms with Gasteiger partial charge < -0.3 is 9.47 Å². The molecule has 1 amide bonds. The molecule has 24 heavy (non-hydrogen) atoms. The fraction of sp³-hybridized carbons (Fsp3) is 0.263. The molecule has 0 aromatic heterocycles. The van der Waals surface area contributed by atoms with Crippen molar-refractivity contribution in [3.05, 3.63) is 59.7 Å². The Bertz CT molecular complexity index is 681. The molecule has 0 bridgehead atoms. The van der Waals surface area contributed by atoms with Gasteiger partial charge in [-0.05, 0) is 54.8 Å². The molecule has 0 aliphatic heterocycles. The molecule has 0 saturated heterocycles. The number of nitrogens with zero attached hydrogens (tertiary/aromatic N) is 1. The lowest BCUT2D eigenvalue weighted by atomic mass is 10.2. The van der Waals surface area contributed by atoms with Gasteiger partial charge in [-0.15, -0.1) is 0 Å². The van der Waals surface area contributed by atoms with Gasteiger partial charge in [-0.3, -0.25) is 4.79 Å². The minimum absolute atomic E-state index is 0.0774. The summed E-state index contributed by atoms with van der Waals surface area (Å²) in [7, 11) is 0. The average molecular weight is 326 g/mol. The van der Waals surface area contributed by atoms with Crippen LogP contribution < -0.4 is 14.9 Å². The number of ether oxygens (including phenoxy) is 2. The fourth-order valence-electron chi connectivity index (χ4n) is 1.94. The zero-order valence-corrected chi connectivity index (χ0v) is 14.0. The van der Waals surface area contributed by atoms with Gasteiger partial charge in [-0.1, -0.05) is 25.1 Å². The van der Waals surface area contributed by atoms with Crippen LogP contribution in [0, 0.1) is 6.92 Å². The SMILES string of the molecule is CCCOc1ccc(/C=N/NC(=O)COc2ccccc2C)cc1. The molecule has 0 aliphatic rings. The Labute approximate surface area is 142 Å². The molecule has 0 unspecified atom stereocenters. The number of benzene rings is 2. The van der Waals surface area contributed by atoms with E-state index in [1.807, 2.05) is 55.5 Å². The summed E-state index contributed by atoms with van der Waals surface area (Å²) in [6, 6.07) is 15.1. The third-order valence-corrected chi connectivity index (χ3v) is 3.21. The highest BCUT2D eigenvalue weighted by atomic mass is 16.5. The maximum atomic E-state index is 11.7. The van der Waals surface area contributed by atoms with E-state index in [1.54, 1.807) is 6.21 Å². The van der Waals surface area contributed by atoms with Crippen molar-refractivity contribution in [2.24, 2.45) is 5.10 Å². The number of rotatable bonds is 8. The van der Waals surface area contributed by atoms with Gasteiger partial charge in [0.15, 0.2) is 6.61 Å². The van der Waals surface area contributed by atoms with Gasteiger partial charge in [0, 0.05) is 0 Å². The Hall–Kier alpha value is -2.82. The van der Waals surface area contributed by atoms with Gasteiger partial charge in [-0.2, -0.15) is 5.10 Å². The lowest BCUT2D eigenvalue weighted by Crippen LogP contribution is -2.24. The quantitative estimate of drug-likeness (QED) is 0.598. The Balaban J connectivity index is 1.76. The Morgan fingerprint density at radius 1 is 1.12 bits per heavy atom. The zero-order chi connectivity index (χ0) is 17.2. The van der Waals surface area contributed by atoms with E-state index in [9.17, 15) is 4.79 Å². The van der Waals surface area contributed by atoms with E-state index in [1.165, 1.54) is 0 Å². The van der Waals surface area contributed by atoms with Crippen LogP contribution in [0.3, 0.4) is 0 Å². The summed E-state index contributed by atoms with van der Waals surface area (Å²) in [5.74, 6) is 1.21. The van der Waals surface area contributed by atoms with Gasteiger partial charge >= 0.3 is 0 Å². The Kier molecular flexibility index (Phi) is 6.83. The average Bonchev–Trinajstić information content (AvgIpc) is 2.60. The topological polar surface area (TPSA) is 59.9 Å². The number of carbonyl (C=O) groups is 1. The second-order valence-corrected chi connectivity index (χ2v) is 5.26. The van der Waals surface area contributed by atoms with Crippen LogP contribution in [-0.2, 0) is 4.79 Å². The maximum Gasteiger partial charge on any atom is 0.277 e. The van der Waals surface area contributed by atoms with Crippen molar-refractivity contribution in [1.29, 1.82) is 0 Å². The predicted molar refractivity (Wildman–Crippen MR) is 94.6 cm³/mol. The summed E-state index contributed by atoms with van der Waals surface area (Å²) in [6.45, 7) is 4.61. The van der Waals surface area contributed by atoms with Crippen molar-refractivity contribution >= 4 is 12.1 Å². The number of nitrogens with one attached hydrogen (secondary N) is 1. The summed E-state index contributed by atoms with van der Waals surface area (Å²) < 4.78 is 11.0. The molecule has 0 radical (unpaired) electrons. The van der Waals surface area contributed by atoms with E-state index in [4.69, 9.17) is 9.47 Å². The highest BCUT2D eigenvalue weighted by Crippen LogP contribution is 2.15. The number of aryl methyl sites for hydroxylation is 1. The first-order valence-electron chi connectivity index (χ1n) is 7.92. The van der Waals surface area contributed by atoms with Crippen molar-refractivity contribution in [3.8, 4) is 11.5 Å². The first-order chi connectivity index (χ1) is 11.7. The molecule has 5 heteroatoms. The van der Waals surface area contributed by atoms with Crippen molar-refractivity contribution in [2.75, 3.05) is 13.2 Å². The Morgan fingerprint density at radius 3 is 2.58 bits per heavy atom. The minimum atomic E-state index is -0.308. The first kappa shape index (κ1) is 17.5. The van der Waals surface area contributed by atoms with Crippen LogP contribution >= 0.6 is 0 Å². The monoisotopic (exact) mass is 326 g/mol. The molecule has 2 aromatic carbocycles. The predicted octanol–water partition coefficient (Wildman–Crippen LogP) is 3.31. The number of hydrazone groups is 1. The molecule has 0 spiro atoms. The van der Waals surface area contributed by atoms with Gasteiger partial charge in [-0.25, -0.2) is 5.43 Å². The van der Waals surface area contributed by atoms with E-state index >= 15 is 0 Å². The highest BCUT2D eigenvalue weighted by molar-refractivity contribution is 5.83. The largest absolute Gasteiger partial charge is 0.494 e. The third-order valence-electron chi connectivity index (χ3n) is 3.21. The first-order valence-corrected chi connectivity index (χ1v) is 7.92. The number of hydrogen-bond donors (Lipinski definition) is 1. The van der Waals surface area contributed by atoms with Crippen molar-refractivity contribution in [1.82, 2.24) is 5.43 Å². The van der Waals surface area contributed by atoms with Crippen molar-refractivity contribution in [3.63, 3.8) is 0 Å². The lowest BCUT2D eigenvalue weighted by Gasteiger charge is -2.07. The highest BCUT2D eigenvalue weighted by Gasteiger charge is 2.03. The molecule has 5 nitrogen and oxygen atoms in total. The summed E-state index contributed by atoms with van der Waals surface area (Å²) in [6.07, 6.45) is 2.55. The molecule has 0 atom stereocenters. The van der Waals surface area contributed by atoms with E-state index < -0.39 is 0 Å². The smallest absolute Gasteiger partial charge is 0.277 e. The van der Waals surface area contributed by atoms with Gasteiger partial charge in [0.25, 0.3) is 5.91 Å². The second-order valence-electron chi connectivity index (χ2n) is 5.26. The number of amides is 1. The normalized spacial score (nSPS) is 10.6. The van der Waals surface area contributed by atoms with E-state index in [0.717, 1.165) is 23.3 Å². The van der Waals surface area contributed by atoms with E-state index in [-0.39, 0.29) is 12.5 Å². The summed E-state index contributed by atoms with van der Waals surface area (Å²) >= 11 is 0. The number of para-hydroxylation sites is 1. The van der Waals surface area contributed by atoms with E-state index in [2.05, 4.69) is 17.5 Å². The summed E-state index contributed by atoms with van der Waals surface area (Å²) in [4.78, 5) is 11.7. The number of hydrogen-bond acceptors (Lipinski definition) is 4. The fourth-order valence-corrected chi connectivity index (χ4v) is 1.94. The molecule has 0 aliphatic carbocycles. The van der Waals surface area contributed by atoms with Crippen molar-refractivity contribution < 1.29 is 14.3 Å². The molecule has 1 N–H and O–H groups in total. The molecular formula is C19H22N2O3. The minimum Gasteiger partial charge on any atom is -0.494 e. The standard InChI is InChI=1S/C19H22N2O3/c1-3-12-23-17-10-8-16(9-11-17)13-20-21-19(22)14-24-18-7-5-4-6-15(18)2/h4-11,13H,3,12,14H2,1-2H3,(H,21,22)/b20-13+. The van der Waals surface area contributed by atoms with Crippen LogP contribution in [0.25, 0.3) is 0 Å². The molecular weight excluding hydrogens is 304 g/mol. The lowest BCUT2D eigenvalue weighted by molar-refractivity contribution is -0.123. The van der Waals surface area contributed by atoms with Gasteiger partial charge in [0.2, 0.25) is 0 Å². The summed E-state index contributed by atoms with van der Waals surface area (Å²) in [5, 5.41) is 3.92. The van der Waals surface area contributed by atoms with Crippen LogP contribution in [-0.4, -0.2) is 25.3 Å². The molecule has 0 fully saturated rings. The van der Waals surface area contributed by atoms with Gasteiger partial charge in [0.1, 0.15) is 11.5 Å². The van der Waals surface area contributed by atoms with Crippen molar-refractivity contribution in [2.45, 2.75) is 20.3 Å². The van der Waals surface area contributed by atoms with Gasteiger partial charge in [0.05, 0.1) is 12.8 Å². The molecule has 0 heterocycles. The van der Waals surface area contributed by atoms with Crippen LogP contribution in [0.1, 0.15) is 24.5 Å². The zero-order valence-electron chi connectivity index (χ0n) is 14.0. The van der Waals surface area contributed by atoms with Crippen LogP contribution in [0.15, 0.2) is 53.6 Å².